The Labute approximate surface area is 93.9 Å². The van der Waals surface area contributed by atoms with E-state index in [1.807, 2.05) is 30.3 Å². The second-order valence-electron chi connectivity index (χ2n) is 2.47. The van der Waals surface area contributed by atoms with Crippen LogP contribution in [0.5, 0.6) is 0 Å². The number of carboxylic acids is 1. The van der Waals surface area contributed by atoms with E-state index in [1.165, 1.54) is 0 Å². The zero-order chi connectivity index (χ0) is 8.27. The van der Waals surface area contributed by atoms with Crippen LogP contribution in [0.25, 0.3) is 0 Å². The molecule has 0 aliphatic carbocycles. The van der Waals surface area contributed by atoms with E-state index in [-0.39, 0.29) is 29.6 Å². The first-order valence-electron chi connectivity index (χ1n) is 3.49. The van der Waals surface area contributed by atoms with Gasteiger partial charge in [-0.25, -0.2) is 0 Å². The van der Waals surface area contributed by atoms with E-state index in [2.05, 4.69) is 0 Å². The second-order valence-corrected chi connectivity index (χ2v) is 2.47. The molecular weight excluding hydrogens is 163 g/mol. The number of hydrogen-bond acceptors (Lipinski definition) is 1. The SMILES string of the molecule is CC(C(=O)O)c1ccccc1.[NaH]. The third kappa shape index (κ3) is 2.97. The zero-order valence-corrected chi connectivity index (χ0v) is 6.32. The number of benzene rings is 1. The summed E-state index contributed by atoms with van der Waals surface area (Å²) in [5.74, 6) is -1.19. The van der Waals surface area contributed by atoms with Gasteiger partial charge in [-0.05, 0) is 12.5 Å². The summed E-state index contributed by atoms with van der Waals surface area (Å²) in [6.45, 7) is 1.68. The van der Waals surface area contributed by atoms with E-state index in [0.29, 0.717) is 0 Å². The molecule has 1 aromatic rings. The quantitative estimate of drug-likeness (QED) is 0.684. The van der Waals surface area contributed by atoms with E-state index in [9.17, 15) is 4.79 Å². The van der Waals surface area contributed by atoms with E-state index >= 15 is 0 Å². The van der Waals surface area contributed by atoms with Crippen molar-refractivity contribution < 1.29 is 9.90 Å². The van der Waals surface area contributed by atoms with Crippen molar-refractivity contribution >= 4 is 35.5 Å². The van der Waals surface area contributed by atoms with Crippen molar-refractivity contribution in [1.29, 1.82) is 0 Å². The Morgan fingerprint density at radius 2 is 1.83 bits per heavy atom. The molecular formula is C9H11NaO2. The average Bonchev–Trinajstić information content (AvgIpc) is 2.05. The molecule has 0 heterocycles. The normalized spacial score (nSPS) is 11.4. The fraction of sp³-hybridized carbons (Fsp3) is 0.222. The van der Waals surface area contributed by atoms with Crippen LogP contribution in [-0.2, 0) is 4.79 Å². The molecule has 0 amide bonds. The fourth-order valence-corrected chi connectivity index (χ4v) is 0.884. The van der Waals surface area contributed by atoms with Gasteiger partial charge in [-0.2, -0.15) is 0 Å². The third-order valence-corrected chi connectivity index (χ3v) is 1.67. The number of hydrogen-bond donors (Lipinski definition) is 1. The van der Waals surface area contributed by atoms with Gasteiger partial charge in [-0.1, -0.05) is 30.3 Å². The first-order chi connectivity index (χ1) is 5.22. The van der Waals surface area contributed by atoms with Gasteiger partial charge < -0.3 is 5.11 Å². The van der Waals surface area contributed by atoms with Crippen molar-refractivity contribution in [3.05, 3.63) is 35.9 Å². The topological polar surface area (TPSA) is 37.3 Å². The standard InChI is InChI=1S/C9H10O2.Na.H/c1-7(9(10)11)8-5-3-2-4-6-8;;/h2-7H,1H3,(H,10,11);;. The van der Waals surface area contributed by atoms with Crippen LogP contribution in [0.1, 0.15) is 18.4 Å². The van der Waals surface area contributed by atoms with Crippen LogP contribution in [0.15, 0.2) is 30.3 Å². The number of carbonyl (C=O) groups is 1. The summed E-state index contributed by atoms with van der Waals surface area (Å²) in [5, 5.41) is 8.64. The van der Waals surface area contributed by atoms with Crippen molar-refractivity contribution in [2.45, 2.75) is 12.8 Å². The second kappa shape index (κ2) is 5.36. The van der Waals surface area contributed by atoms with Crippen LogP contribution in [0.4, 0.5) is 0 Å². The van der Waals surface area contributed by atoms with Gasteiger partial charge in [0, 0.05) is 0 Å². The van der Waals surface area contributed by atoms with Crippen LogP contribution in [0.3, 0.4) is 0 Å². The van der Waals surface area contributed by atoms with Gasteiger partial charge in [0.15, 0.2) is 0 Å². The molecule has 0 aliphatic heterocycles. The summed E-state index contributed by atoms with van der Waals surface area (Å²) in [4.78, 5) is 10.5. The molecule has 0 saturated carbocycles. The molecule has 0 saturated heterocycles. The first-order valence-corrected chi connectivity index (χ1v) is 3.49. The van der Waals surface area contributed by atoms with Crippen molar-refractivity contribution in [3.8, 4) is 0 Å². The Morgan fingerprint density at radius 1 is 1.33 bits per heavy atom. The predicted molar refractivity (Wildman–Crippen MR) is 49.6 cm³/mol. The molecule has 0 aliphatic rings. The summed E-state index contributed by atoms with van der Waals surface area (Å²) in [6.07, 6.45) is 0. The Hall–Kier alpha value is -0.310. The minimum atomic E-state index is -0.781. The van der Waals surface area contributed by atoms with Crippen LogP contribution in [-0.4, -0.2) is 40.6 Å². The van der Waals surface area contributed by atoms with Gasteiger partial charge in [0.1, 0.15) is 0 Å². The summed E-state index contributed by atoms with van der Waals surface area (Å²) in [7, 11) is 0. The number of rotatable bonds is 2. The molecule has 60 valence electrons. The van der Waals surface area contributed by atoms with Gasteiger partial charge in [0.2, 0.25) is 0 Å². The maximum atomic E-state index is 10.5. The zero-order valence-electron chi connectivity index (χ0n) is 6.32. The molecule has 0 fully saturated rings. The first kappa shape index (κ1) is 11.7. The molecule has 3 heteroatoms. The van der Waals surface area contributed by atoms with E-state index < -0.39 is 11.9 Å². The van der Waals surface area contributed by atoms with Gasteiger partial charge in [0.25, 0.3) is 0 Å². The minimum absolute atomic E-state index is 0. The fourth-order valence-electron chi connectivity index (χ4n) is 0.884. The van der Waals surface area contributed by atoms with Gasteiger partial charge in [-0.3, -0.25) is 4.79 Å². The predicted octanol–water partition coefficient (Wildman–Crippen LogP) is 1.23. The molecule has 2 nitrogen and oxygen atoms in total. The Balaban J connectivity index is 0.00000121. The maximum absolute atomic E-state index is 10.5. The molecule has 1 atom stereocenters. The number of carboxylic acid groups (broad SMARTS) is 1. The molecule has 0 bridgehead atoms. The van der Waals surface area contributed by atoms with Crippen LogP contribution in [0, 0.1) is 0 Å². The molecule has 1 N–H and O–H groups in total. The Morgan fingerprint density at radius 3 is 2.25 bits per heavy atom. The van der Waals surface area contributed by atoms with Crippen LogP contribution >= 0.6 is 0 Å². The van der Waals surface area contributed by atoms with Crippen molar-refractivity contribution in [2.75, 3.05) is 0 Å². The molecule has 0 radical (unpaired) electrons. The van der Waals surface area contributed by atoms with E-state index in [1.54, 1.807) is 6.92 Å². The van der Waals surface area contributed by atoms with Gasteiger partial charge in [-0.15, -0.1) is 0 Å². The molecule has 1 unspecified atom stereocenters. The van der Waals surface area contributed by atoms with Crippen molar-refractivity contribution in [1.82, 2.24) is 0 Å². The third-order valence-electron chi connectivity index (χ3n) is 1.67. The summed E-state index contributed by atoms with van der Waals surface area (Å²) in [6, 6.07) is 9.19. The summed E-state index contributed by atoms with van der Waals surface area (Å²) >= 11 is 0. The van der Waals surface area contributed by atoms with Crippen molar-refractivity contribution in [3.63, 3.8) is 0 Å². The van der Waals surface area contributed by atoms with Crippen molar-refractivity contribution in [2.24, 2.45) is 0 Å². The molecule has 1 aromatic carbocycles. The Kier molecular flexibility index (Phi) is 5.22. The van der Waals surface area contributed by atoms with E-state index in [0.717, 1.165) is 5.56 Å². The van der Waals surface area contributed by atoms with Gasteiger partial charge >= 0.3 is 35.5 Å². The van der Waals surface area contributed by atoms with Crippen LogP contribution in [0.2, 0.25) is 0 Å². The summed E-state index contributed by atoms with van der Waals surface area (Å²) < 4.78 is 0. The summed E-state index contributed by atoms with van der Waals surface area (Å²) in [5.41, 5.74) is 0.847. The molecule has 1 rings (SSSR count). The van der Waals surface area contributed by atoms with Crippen LogP contribution < -0.4 is 0 Å². The van der Waals surface area contributed by atoms with E-state index in [4.69, 9.17) is 5.11 Å². The average molecular weight is 174 g/mol. The monoisotopic (exact) mass is 174 g/mol. The van der Waals surface area contributed by atoms with Gasteiger partial charge in [0.05, 0.1) is 5.92 Å². The Bertz CT molecular complexity index is 246. The molecule has 0 spiro atoms. The molecule has 12 heavy (non-hydrogen) atoms. The molecule has 0 aromatic heterocycles. The number of aliphatic carboxylic acids is 1.